The van der Waals surface area contributed by atoms with E-state index in [0.717, 1.165) is 24.9 Å². The number of aromatic nitrogens is 2. The van der Waals surface area contributed by atoms with Crippen molar-refractivity contribution in [3.63, 3.8) is 0 Å². The molecule has 7 heteroatoms. The fourth-order valence-corrected chi connectivity index (χ4v) is 2.43. The fraction of sp³-hybridized carbons (Fsp3) is 0.615. The Morgan fingerprint density at radius 1 is 1.55 bits per heavy atom. The first-order chi connectivity index (χ1) is 9.58. The number of amides is 3. The summed E-state index contributed by atoms with van der Waals surface area (Å²) in [5, 5.41) is 7.00. The zero-order chi connectivity index (χ0) is 14.5. The third-order valence-electron chi connectivity index (χ3n) is 3.44. The summed E-state index contributed by atoms with van der Waals surface area (Å²) in [6.07, 6.45) is 6.05. The molecule has 1 aromatic heterocycles. The first-order valence-electron chi connectivity index (χ1n) is 6.91. The number of hydrogen-bond acceptors (Lipinski definition) is 3. The molecule has 0 spiro atoms. The van der Waals surface area contributed by atoms with Crippen molar-refractivity contribution in [2.45, 2.75) is 38.8 Å². The van der Waals surface area contributed by atoms with Gasteiger partial charge in [-0.05, 0) is 31.7 Å². The fourth-order valence-electron chi connectivity index (χ4n) is 2.43. The van der Waals surface area contributed by atoms with Crippen LogP contribution in [-0.4, -0.2) is 45.8 Å². The minimum absolute atomic E-state index is 0.206. The molecule has 0 unspecified atom stereocenters. The summed E-state index contributed by atoms with van der Waals surface area (Å²) in [7, 11) is 0. The van der Waals surface area contributed by atoms with Crippen molar-refractivity contribution < 1.29 is 9.59 Å². The molecule has 0 aromatic carbocycles. The van der Waals surface area contributed by atoms with Crippen LogP contribution >= 0.6 is 0 Å². The molecule has 0 bridgehead atoms. The Kier molecular flexibility index (Phi) is 4.60. The van der Waals surface area contributed by atoms with Gasteiger partial charge in [-0.2, -0.15) is 5.10 Å². The quantitative estimate of drug-likeness (QED) is 0.756. The van der Waals surface area contributed by atoms with Crippen molar-refractivity contribution in [3.8, 4) is 0 Å². The van der Waals surface area contributed by atoms with Gasteiger partial charge in [0, 0.05) is 25.8 Å². The van der Waals surface area contributed by atoms with Crippen molar-refractivity contribution >= 4 is 11.9 Å². The normalized spacial score (nSPS) is 18.2. The topological polar surface area (TPSA) is 93.2 Å². The number of nitrogens with two attached hydrogens (primary N) is 1. The number of aryl methyl sites for hydroxylation is 2. The second-order valence-corrected chi connectivity index (χ2v) is 5.12. The number of rotatable bonds is 5. The van der Waals surface area contributed by atoms with Crippen molar-refractivity contribution in [1.82, 2.24) is 20.0 Å². The minimum atomic E-state index is -0.455. The maximum Gasteiger partial charge on any atom is 0.318 e. The molecule has 3 amide bonds. The van der Waals surface area contributed by atoms with E-state index in [4.69, 9.17) is 5.73 Å². The number of hydrogen-bond donors (Lipinski definition) is 2. The molecule has 1 aliphatic heterocycles. The average molecular weight is 279 g/mol. The number of urea groups is 1. The third kappa shape index (κ3) is 3.49. The lowest BCUT2D eigenvalue weighted by atomic mass is 10.2. The first kappa shape index (κ1) is 14.4. The predicted molar refractivity (Wildman–Crippen MR) is 73.9 cm³/mol. The molecule has 7 nitrogen and oxygen atoms in total. The Hall–Kier alpha value is -2.05. The molecule has 1 atom stereocenters. The van der Waals surface area contributed by atoms with Crippen molar-refractivity contribution in [1.29, 1.82) is 0 Å². The molecular weight excluding hydrogens is 258 g/mol. The summed E-state index contributed by atoms with van der Waals surface area (Å²) in [6.45, 7) is 3.90. The van der Waals surface area contributed by atoms with Crippen LogP contribution in [-0.2, 0) is 11.3 Å². The van der Waals surface area contributed by atoms with E-state index in [1.807, 2.05) is 17.8 Å². The highest BCUT2D eigenvalue weighted by molar-refractivity contribution is 5.86. The SMILES string of the molecule is Cc1cnn(CCCNC(=O)N2CCC[C@@H]2C(N)=O)c1. The highest BCUT2D eigenvalue weighted by atomic mass is 16.2. The molecule has 0 aliphatic carbocycles. The van der Waals surface area contributed by atoms with Crippen LogP contribution in [0.1, 0.15) is 24.8 Å². The number of nitrogens with one attached hydrogen (secondary N) is 1. The molecule has 0 saturated carbocycles. The third-order valence-corrected chi connectivity index (χ3v) is 3.44. The molecule has 1 saturated heterocycles. The van der Waals surface area contributed by atoms with Crippen molar-refractivity contribution in [2.75, 3.05) is 13.1 Å². The summed E-state index contributed by atoms with van der Waals surface area (Å²) < 4.78 is 1.85. The summed E-state index contributed by atoms with van der Waals surface area (Å²) in [6, 6.07) is -0.660. The average Bonchev–Trinajstić information content (AvgIpc) is 3.03. The number of likely N-dealkylation sites (tertiary alicyclic amines) is 1. The van der Waals surface area contributed by atoms with Gasteiger partial charge in [-0.15, -0.1) is 0 Å². The van der Waals surface area contributed by atoms with Crippen LogP contribution in [0.25, 0.3) is 0 Å². The molecule has 1 aromatic rings. The first-order valence-corrected chi connectivity index (χ1v) is 6.91. The summed E-state index contributed by atoms with van der Waals surface area (Å²) in [5.41, 5.74) is 6.41. The lowest BCUT2D eigenvalue weighted by molar-refractivity contribution is -0.121. The lowest BCUT2D eigenvalue weighted by Gasteiger charge is -2.22. The Morgan fingerprint density at radius 3 is 3.00 bits per heavy atom. The van der Waals surface area contributed by atoms with E-state index in [9.17, 15) is 9.59 Å². The molecule has 2 heterocycles. The monoisotopic (exact) mass is 279 g/mol. The Bertz CT molecular complexity index is 485. The maximum absolute atomic E-state index is 12.0. The van der Waals surface area contributed by atoms with E-state index < -0.39 is 11.9 Å². The molecule has 3 N–H and O–H groups in total. The molecular formula is C13H21N5O2. The molecule has 1 aliphatic rings. The zero-order valence-corrected chi connectivity index (χ0v) is 11.7. The van der Waals surface area contributed by atoms with Gasteiger partial charge in [-0.25, -0.2) is 4.79 Å². The Labute approximate surface area is 118 Å². The number of primary amides is 1. The molecule has 0 radical (unpaired) electrons. The predicted octanol–water partition coefficient (Wildman–Crippen LogP) is 0.241. The van der Waals surface area contributed by atoms with Crippen LogP contribution in [0.15, 0.2) is 12.4 Å². The van der Waals surface area contributed by atoms with Crippen LogP contribution in [0.3, 0.4) is 0 Å². The van der Waals surface area contributed by atoms with Gasteiger partial charge in [-0.3, -0.25) is 9.48 Å². The molecule has 2 rings (SSSR count). The maximum atomic E-state index is 12.0. The van der Waals surface area contributed by atoms with Crippen LogP contribution in [0.4, 0.5) is 4.79 Å². The number of carbonyl (C=O) groups is 2. The van der Waals surface area contributed by atoms with Gasteiger partial charge in [0.25, 0.3) is 0 Å². The van der Waals surface area contributed by atoms with Gasteiger partial charge in [0.05, 0.1) is 6.20 Å². The van der Waals surface area contributed by atoms with E-state index >= 15 is 0 Å². The van der Waals surface area contributed by atoms with Crippen molar-refractivity contribution in [2.24, 2.45) is 5.73 Å². The second-order valence-electron chi connectivity index (χ2n) is 5.12. The van der Waals surface area contributed by atoms with E-state index in [1.165, 1.54) is 4.90 Å². The second kappa shape index (κ2) is 6.40. The molecule has 20 heavy (non-hydrogen) atoms. The lowest BCUT2D eigenvalue weighted by Crippen LogP contribution is -2.48. The van der Waals surface area contributed by atoms with E-state index in [-0.39, 0.29) is 6.03 Å². The van der Waals surface area contributed by atoms with E-state index in [0.29, 0.717) is 19.5 Å². The minimum Gasteiger partial charge on any atom is -0.368 e. The summed E-state index contributed by atoms with van der Waals surface area (Å²) in [4.78, 5) is 24.7. The van der Waals surface area contributed by atoms with Gasteiger partial charge in [-0.1, -0.05) is 0 Å². The zero-order valence-electron chi connectivity index (χ0n) is 11.7. The van der Waals surface area contributed by atoms with Crippen LogP contribution in [0, 0.1) is 6.92 Å². The Balaban J connectivity index is 1.71. The van der Waals surface area contributed by atoms with Crippen LogP contribution in [0.2, 0.25) is 0 Å². The summed E-state index contributed by atoms with van der Waals surface area (Å²) >= 11 is 0. The van der Waals surface area contributed by atoms with Gasteiger partial charge in [0.15, 0.2) is 0 Å². The van der Waals surface area contributed by atoms with Crippen molar-refractivity contribution in [3.05, 3.63) is 18.0 Å². The van der Waals surface area contributed by atoms with E-state index in [1.54, 1.807) is 6.20 Å². The largest absolute Gasteiger partial charge is 0.368 e. The van der Waals surface area contributed by atoms with Gasteiger partial charge < -0.3 is 16.0 Å². The van der Waals surface area contributed by atoms with E-state index in [2.05, 4.69) is 10.4 Å². The Morgan fingerprint density at radius 2 is 2.35 bits per heavy atom. The standard InChI is InChI=1S/C13H21N5O2/c1-10-8-16-17(9-10)6-3-5-15-13(20)18-7-2-4-11(18)12(14)19/h8-9,11H,2-7H2,1H3,(H2,14,19)(H,15,20)/t11-/m1/s1. The number of carbonyl (C=O) groups excluding carboxylic acids is 2. The molecule has 110 valence electrons. The number of nitrogens with zero attached hydrogens (tertiary/aromatic N) is 3. The molecule has 1 fully saturated rings. The van der Waals surface area contributed by atoms with Crippen LogP contribution in [0.5, 0.6) is 0 Å². The smallest absolute Gasteiger partial charge is 0.318 e. The van der Waals surface area contributed by atoms with Gasteiger partial charge in [0.2, 0.25) is 5.91 Å². The van der Waals surface area contributed by atoms with Gasteiger partial charge in [0.1, 0.15) is 6.04 Å². The van der Waals surface area contributed by atoms with Crippen LogP contribution < -0.4 is 11.1 Å². The summed E-state index contributed by atoms with van der Waals surface area (Å²) in [5.74, 6) is -0.426. The highest BCUT2D eigenvalue weighted by Crippen LogP contribution is 2.16. The highest BCUT2D eigenvalue weighted by Gasteiger charge is 2.32. The van der Waals surface area contributed by atoms with Gasteiger partial charge >= 0.3 is 6.03 Å².